The summed E-state index contributed by atoms with van der Waals surface area (Å²) < 4.78 is 5.78. The van der Waals surface area contributed by atoms with Crippen LogP contribution in [0, 0.1) is 17.2 Å². The van der Waals surface area contributed by atoms with Crippen LogP contribution in [0.1, 0.15) is 40.7 Å². The van der Waals surface area contributed by atoms with Gasteiger partial charge >= 0.3 is 5.97 Å². The van der Waals surface area contributed by atoms with Gasteiger partial charge < -0.3 is 14.7 Å². The maximum atomic E-state index is 13.3. The monoisotopic (exact) mass is 447 g/mol. The number of hydrogen-bond donors (Lipinski definition) is 0. The predicted molar refractivity (Wildman–Crippen MR) is 114 cm³/mol. The third kappa shape index (κ3) is 4.86. The molecule has 2 aromatic rings. The molecule has 0 aliphatic carbocycles. The quantitative estimate of drug-likeness (QED) is 0.651. The maximum absolute atomic E-state index is 13.3. The average Bonchev–Trinajstić information content (AvgIpc) is 2.71. The Kier molecular flexibility index (Phi) is 6.86. The van der Waals surface area contributed by atoms with Gasteiger partial charge in [-0.1, -0.05) is 42.3 Å². The fourth-order valence-electron chi connectivity index (χ4n) is 3.56. The van der Waals surface area contributed by atoms with Crippen LogP contribution in [0.4, 0.5) is 0 Å². The van der Waals surface area contributed by atoms with Gasteiger partial charge in [-0.3, -0.25) is 4.79 Å². The van der Waals surface area contributed by atoms with Crippen molar-refractivity contribution in [3.05, 3.63) is 63.1 Å². The van der Waals surface area contributed by atoms with Crippen molar-refractivity contribution < 1.29 is 19.4 Å². The van der Waals surface area contributed by atoms with Gasteiger partial charge in [0.05, 0.1) is 27.8 Å². The van der Waals surface area contributed by atoms with E-state index in [0.29, 0.717) is 34.3 Å². The van der Waals surface area contributed by atoms with Crippen molar-refractivity contribution in [2.75, 3.05) is 19.7 Å². The van der Waals surface area contributed by atoms with Crippen molar-refractivity contribution in [3.63, 3.8) is 0 Å². The number of amides is 1. The number of para-hydroxylation sites is 1. The summed E-state index contributed by atoms with van der Waals surface area (Å²) >= 11 is 12.2. The number of hydrogen-bond acceptors (Lipinski definition) is 4. The van der Waals surface area contributed by atoms with Crippen LogP contribution in [0.15, 0.2) is 36.4 Å². The number of halogens is 2. The molecule has 0 saturated carbocycles. The molecule has 30 heavy (non-hydrogen) atoms. The highest BCUT2D eigenvalue weighted by Crippen LogP contribution is 2.32. The molecule has 0 unspecified atom stereocenters. The number of fused-ring (bicyclic) bond motifs is 1. The van der Waals surface area contributed by atoms with Gasteiger partial charge in [0.2, 0.25) is 0 Å². The van der Waals surface area contributed by atoms with Crippen LogP contribution in [-0.4, -0.2) is 41.6 Å². The Morgan fingerprint density at radius 3 is 2.77 bits per heavy atom. The summed E-state index contributed by atoms with van der Waals surface area (Å²) in [6, 6.07) is 12.0. The summed E-state index contributed by atoms with van der Waals surface area (Å²) in [5.41, 5.74) is 1.35. The van der Waals surface area contributed by atoms with Crippen LogP contribution in [0.3, 0.4) is 0 Å². The van der Waals surface area contributed by atoms with Gasteiger partial charge in [0, 0.05) is 29.7 Å². The standard InChI is InChI=1S/C22H20Cl2N2O4/c1-13-10-26(22(29)17-4-2-3-15(9-25)21(17)30-12-13)11-16(8-20(27)28)14-5-6-18(23)19(24)7-14/h2-7,13,16H,8,10-12H2,1H3,(H,27,28)/p+1/t13-,16-/m1/s1. The average molecular weight is 448 g/mol. The fraction of sp³-hybridized carbons (Fsp3) is 0.318. The van der Waals surface area contributed by atoms with Crippen LogP contribution >= 0.6 is 23.2 Å². The van der Waals surface area contributed by atoms with Gasteiger partial charge in [-0.2, -0.15) is 5.26 Å². The van der Waals surface area contributed by atoms with Gasteiger partial charge in [0.25, 0.3) is 5.91 Å². The molecule has 3 rings (SSSR count). The minimum atomic E-state index is -0.728. The van der Waals surface area contributed by atoms with Crippen molar-refractivity contribution in [2.24, 2.45) is 5.92 Å². The summed E-state index contributed by atoms with van der Waals surface area (Å²) in [5, 5.41) is 17.6. The number of carbonyl (C=O) groups excluding carboxylic acids is 2. The lowest BCUT2D eigenvalue weighted by Gasteiger charge is -2.32. The molecule has 8 heteroatoms. The van der Waals surface area contributed by atoms with Gasteiger partial charge in [-0.25, -0.2) is 0 Å². The molecule has 6 nitrogen and oxygen atoms in total. The number of carbonyl (C=O) groups is 2. The molecule has 0 spiro atoms. The van der Waals surface area contributed by atoms with Crippen LogP contribution in [0.5, 0.6) is 5.75 Å². The Balaban J connectivity index is 1.98. The molecule has 1 aliphatic rings. The van der Waals surface area contributed by atoms with E-state index < -0.39 is 11.9 Å². The third-order valence-electron chi connectivity index (χ3n) is 4.98. The fourth-order valence-corrected chi connectivity index (χ4v) is 3.86. The topological polar surface area (TPSA) is 93.3 Å². The van der Waals surface area contributed by atoms with Gasteiger partial charge in [-0.15, -0.1) is 0 Å². The molecule has 1 aliphatic heterocycles. The summed E-state index contributed by atoms with van der Waals surface area (Å²) in [5.74, 6) is -1.13. The molecule has 0 saturated heterocycles. The third-order valence-corrected chi connectivity index (χ3v) is 5.72. The lowest BCUT2D eigenvalue weighted by molar-refractivity contribution is -0.137. The van der Waals surface area contributed by atoms with Crippen molar-refractivity contribution >= 4 is 35.1 Å². The van der Waals surface area contributed by atoms with E-state index >= 15 is 0 Å². The molecule has 2 atom stereocenters. The molecule has 156 valence electrons. The molecular weight excluding hydrogens is 427 g/mol. The van der Waals surface area contributed by atoms with E-state index in [1.165, 1.54) is 0 Å². The normalized spacial score (nSPS) is 17.2. The molecule has 0 aromatic heterocycles. The SMILES string of the molecule is C[C@H]1COc2c(C#N)cccc2C(=O)N(C[C@@H](CC(=O)[OH2+])c2ccc(Cl)c(Cl)c2)C1. The summed E-state index contributed by atoms with van der Waals surface area (Å²) in [4.78, 5) is 26.6. The first kappa shape index (κ1) is 21.9. The number of rotatable bonds is 5. The Morgan fingerprint density at radius 2 is 2.10 bits per heavy atom. The molecular formula is C22H21Cl2N2O4+. The number of nitrogens with zero attached hydrogens (tertiary/aromatic N) is 2. The second-order valence-corrected chi connectivity index (χ2v) is 8.23. The summed E-state index contributed by atoms with van der Waals surface area (Å²) in [7, 11) is 0. The van der Waals surface area contributed by atoms with Crippen LogP contribution in [0.25, 0.3) is 0 Å². The lowest BCUT2D eigenvalue weighted by Crippen LogP contribution is -2.41. The van der Waals surface area contributed by atoms with Crippen molar-refractivity contribution in [1.82, 2.24) is 4.90 Å². The number of benzene rings is 2. The second-order valence-electron chi connectivity index (χ2n) is 7.42. The number of ether oxygens (including phenoxy) is 1. The molecule has 0 radical (unpaired) electrons. The second kappa shape index (κ2) is 9.38. The van der Waals surface area contributed by atoms with Crippen molar-refractivity contribution in [3.8, 4) is 11.8 Å². The van der Waals surface area contributed by atoms with Crippen molar-refractivity contribution in [2.45, 2.75) is 19.3 Å². The van der Waals surface area contributed by atoms with Gasteiger partial charge in [-0.05, 0) is 29.8 Å². The number of nitriles is 1. The Morgan fingerprint density at radius 1 is 1.33 bits per heavy atom. The van der Waals surface area contributed by atoms with E-state index in [2.05, 4.69) is 6.07 Å². The van der Waals surface area contributed by atoms with E-state index in [0.717, 1.165) is 5.56 Å². The lowest BCUT2D eigenvalue weighted by atomic mass is 9.94. The molecule has 2 N–H and O–H groups in total. The Hall–Kier alpha value is -2.75. The zero-order valence-corrected chi connectivity index (χ0v) is 17.8. The van der Waals surface area contributed by atoms with E-state index in [1.54, 1.807) is 41.3 Å². The zero-order chi connectivity index (χ0) is 21.8. The van der Waals surface area contributed by atoms with E-state index in [4.69, 9.17) is 33.0 Å². The smallest absolute Gasteiger partial charge is 0.516 e. The summed E-state index contributed by atoms with van der Waals surface area (Å²) in [6.45, 7) is 2.94. The molecule has 1 amide bonds. The highest BCUT2D eigenvalue weighted by Gasteiger charge is 2.31. The van der Waals surface area contributed by atoms with E-state index in [1.807, 2.05) is 6.92 Å². The maximum Gasteiger partial charge on any atom is 0.516 e. The first-order valence-electron chi connectivity index (χ1n) is 9.44. The molecule has 1 heterocycles. The Labute approximate surface area is 184 Å². The molecule has 0 fully saturated rings. The van der Waals surface area contributed by atoms with E-state index in [-0.39, 0.29) is 30.5 Å². The zero-order valence-electron chi connectivity index (χ0n) is 16.3. The minimum absolute atomic E-state index is 0.00927. The summed E-state index contributed by atoms with van der Waals surface area (Å²) in [6.07, 6.45) is -0.0578. The Bertz CT molecular complexity index is 1020. The van der Waals surface area contributed by atoms with Crippen LogP contribution in [-0.2, 0) is 4.79 Å². The van der Waals surface area contributed by atoms with Gasteiger partial charge in [0.15, 0.2) is 0 Å². The first-order chi connectivity index (χ1) is 14.3. The largest absolute Gasteiger partial charge is 0.565 e. The van der Waals surface area contributed by atoms with E-state index in [9.17, 15) is 14.9 Å². The molecule has 2 aromatic carbocycles. The highest BCUT2D eigenvalue weighted by atomic mass is 35.5. The van der Waals surface area contributed by atoms with Crippen LogP contribution in [0.2, 0.25) is 10.0 Å². The first-order valence-corrected chi connectivity index (χ1v) is 10.2. The molecule has 0 bridgehead atoms. The minimum Gasteiger partial charge on any atom is -0.565 e. The van der Waals surface area contributed by atoms with Gasteiger partial charge in [0.1, 0.15) is 18.2 Å². The van der Waals surface area contributed by atoms with Crippen LogP contribution < -0.4 is 4.74 Å². The highest BCUT2D eigenvalue weighted by molar-refractivity contribution is 6.42. The predicted octanol–water partition coefficient (Wildman–Crippen LogP) is 3.76. The van der Waals surface area contributed by atoms with Crippen molar-refractivity contribution in [1.29, 1.82) is 5.26 Å².